The second kappa shape index (κ2) is 104. The number of anilines is 1. The second-order valence-corrected chi connectivity index (χ2v) is 8.24. The summed E-state index contributed by atoms with van der Waals surface area (Å²) in [6, 6.07) is 15.0. The van der Waals surface area contributed by atoms with E-state index in [2.05, 4.69) is 72.9 Å². The molecule has 4 N–H and O–H groups in total. The van der Waals surface area contributed by atoms with Gasteiger partial charge in [-0.15, -0.1) is 0 Å². The van der Waals surface area contributed by atoms with Crippen LogP contribution in [0.1, 0.15) is 170 Å². The van der Waals surface area contributed by atoms with E-state index >= 15 is 0 Å². The first-order valence-corrected chi connectivity index (χ1v) is 19.2. The number of alkyl halides is 1. The van der Waals surface area contributed by atoms with Crippen molar-refractivity contribution in [3.63, 3.8) is 0 Å². The van der Waals surface area contributed by atoms with Crippen LogP contribution >= 0.6 is 22.6 Å². The third kappa shape index (κ3) is 88.8. The van der Waals surface area contributed by atoms with Crippen LogP contribution in [0.5, 0.6) is 0 Å². The quantitative estimate of drug-likeness (QED) is 0.0615. The fourth-order valence-corrected chi connectivity index (χ4v) is 2.18. The maximum absolute atomic E-state index is 10.2. The number of hydrogen-bond acceptors (Lipinski definition) is 5. The van der Waals surface area contributed by atoms with Crippen LogP contribution in [0.3, 0.4) is 0 Å². The Bertz CT molecular complexity index is 722. The van der Waals surface area contributed by atoms with Gasteiger partial charge < -0.3 is 21.3 Å². The van der Waals surface area contributed by atoms with E-state index in [1.54, 1.807) is 25.1 Å². The van der Waals surface area contributed by atoms with Gasteiger partial charge in [0, 0.05) is 43.7 Å². The summed E-state index contributed by atoms with van der Waals surface area (Å²) < 4.78 is 6.70. The van der Waals surface area contributed by atoms with Crippen molar-refractivity contribution in [2.45, 2.75) is 173 Å². The summed E-state index contributed by atoms with van der Waals surface area (Å²) >= 11 is 2.35. The number of nitrogens with two attached hydrogens (primary N) is 1. The molecule has 0 heterocycles. The zero-order valence-electron chi connectivity index (χ0n) is 34.6. The topological polar surface area (TPSA) is 118 Å². The average molecular weight is 874 g/mol. The predicted molar refractivity (Wildman–Crippen MR) is 250 cm³/mol. The van der Waals surface area contributed by atoms with Crippen molar-refractivity contribution in [2.24, 2.45) is 0 Å². The largest absolute Gasteiger partial charge is 1.00 e. The number of rotatable bonds is 10. The summed E-state index contributed by atoms with van der Waals surface area (Å²) in [5.41, 5.74) is 3.41. The maximum Gasteiger partial charge on any atom is 1.00 e. The van der Waals surface area contributed by atoms with E-state index in [9.17, 15) is 10.1 Å². The van der Waals surface area contributed by atoms with Crippen molar-refractivity contribution < 1.29 is 66.2 Å². The Morgan fingerprint density at radius 3 is 1.31 bits per heavy atom. The Labute approximate surface area is 381 Å². The first-order chi connectivity index (χ1) is 21.9. The molecular weight excluding hydrogens is 776 g/mol. The van der Waals surface area contributed by atoms with Crippen molar-refractivity contribution in [1.82, 2.24) is 0 Å². The van der Waals surface area contributed by atoms with E-state index in [0.29, 0.717) is 12.2 Å². The Morgan fingerprint density at radius 2 is 1.04 bits per heavy atom. The molecule has 2 aromatic rings. The molecule has 0 aliphatic rings. The van der Waals surface area contributed by atoms with Crippen LogP contribution in [0.15, 0.2) is 48.5 Å². The summed E-state index contributed by atoms with van der Waals surface area (Å²) in [5.74, 6) is 0. The monoisotopic (exact) mass is 874 g/mol. The zero-order chi connectivity index (χ0) is 37.3. The van der Waals surface area contributed by atoms with E-state index in [-0.39, 0.29) is 97.9 Å². The van der Waals surface area contributed by atoms with Crippen molar-refractivity contribution in [3.8, 4) is 0 Å². The molecule has 0 amide bonds. The number of aryl methyl sites for hydroxylation is 2. The number of nitrogens with one attached hydrogen (secondary N) is 1. The molecule has 0 aliphatic carbocycles. The van der Waals surface area contributed by atoms with Crippen LogP contribution in [0.4, 0.5) is 11.4 Å². The van der Waals surface area contributed by atoms with E-state index < -0.39 is 0 Å². The van der Waals surface area contributed by atoms with E-state index in [1.165, 1.54) is 28.2 Å². The van der Waals surface area contributed by atoms with E-state index in [0.717, 1.165) is 39.0 Å². The third-order valence-corrected chi connectivity index (χ3v) is 5.08. The standard InChI is InChI=1S/C13H21NO.C7H7NO2.C3H7I.C3H8O.6C2H6.4CH4.K.H2N/c1-3-10-15-11-6-9-14-13-8-5-4-7-12(13)2;1-6-4-2-3-5-7(6)8(9)10;2*1-2-3-4;6*1-2;;;;;;/h4-5,7-8,14H,3,6,9-11H2,1-2H3;2-5H,1H3;2-3H2,1H3;4H,2-3H2,1H3;6*1-2H3;4*1H4;;1H2/q;;;;;;;;;;;;;;+1;-1. The number of nitro benzene ring substituents is 1. The van der Waals surface area contributed by atoms with Gasteiger partial charge in [0.25, 0.3) is 5.69 Å². The van der Waals surface area contributed by atoms with Crippen molar-refractivity contribution in [3.05, 3.63) is 75.9 Å². The summed E-state index contributed by atoms with van der Waals surface area (Å²) in [7, 11) is 0. The second-order valence-electron chi connectivity index (χ2n) is 7.16. The first kappa shape index (κ1) is 93.1. The smallest absolute Gasteiger partial charge is 0.693 e. The molecule has 2 aromatic carbocycles. The molecule has 0 spiro atoms. The minimum atomic E-state index is -0.380. The molecule has 0 bridgehead atoms. The Balaban J connectivity index is -0.0000000281. The molecule has 51 heavy (non-hydrogen) atoms. The van der Waals surface area contributed by atoms with Crippen LogP contribution in [-0.4, -0.2) is 40.8 Å². The minimum Gasteiger partial charge on any atom is -0.693 e. The van der Waals surface area contributed by atoms with Crippen molar-refractivity contribution in [1.29, 1.82) is 0 Å². The van der Waals surface area contributed by atoms with Gasteiger partial charge >= 0.3 is 51.4 Å². The van der Waals surface area contributed by atoms with Crippen molar-refractivity contribution in [2.75, 3.05) is 36.1 Å². The van der Waals surface area contributed by atoms with E-state index in [4.69, 9.17) is 9.84 Å². The van der Waals surface area contributed by atoms with Crippen LogP contribution in [0.2, 0.25) is 0 Å². The fraction of sp³-hybridized carbons (Fsp3) is 0.714. The molecule has 0 atom stereocenters. The zero-order valence-corrected chi connectivity index (χ0v) is 39.8. The number of halogens is 1. The van der Waals surface area contributed by atoms with Gasteiger partial charge in [0.2, 0.25) is 0 Å². The maximum atomic E-state index is 10.2. The summed E-state index contributed by atoms with van der Waals surface area (Å²) in [4.78, 5) is 9.85. The molecule has 0 radical (unpaired) electrons. The molecule has 0 unspecified atom stereocenters. The molecule has 0 saturated carbocycles. The Morgan fingerprint density at radius 1 is 0.686 bits per heavy atom. The summed E-state index contributed by atoms with van der Waals surface area (Å²) in [6.07, 6.45) is 4.35. The first-order valence-electron chi connectivity index (χ1n) is 17.6. The number of ether oxygens (including phenoxy) is 1. The van der Waals surface area contributed by atoms with Gasteiger partial charge in [-0.25, -0.2) is 0 Å². The SMILES string of the molecule is C.C.C.C.CC.CC.CC.CC.CC.CC.CCCI.CCCO.CCCOCCCNc1ccccc1C.Cc1ccccc1[N+](=O)[O-].[K+].[NH2-]. The molecule has 0 saturated heterocycles. The van der Waals surface area contributed by atoms with Gasteiger partial charge in [0.05, 0.1) is 4.92 Å². The molecule has 2 rings (SSSR count). The number of nitrogens with zero attached hydrogens (tertiary/aromatic N) is 1. The molecule has 312 valence electrons. The third-order valence-electron chi connectivity index (χ3n) is 4.00. The number of nitro groups is 1. The van der Waals surface area contributed by atoms with Crippen molar-refractivity contribution >= 4 is 34.0 Å². The van der Waals surface area contributed by atoms with Crippen LogP contribution in [0, 0.1) is 24.0 Å². The number of benzene rings is 2. The summed E-state index contributed by atoms with van der Waals surface area (Å²) in [6.45, 7) is 37.1. The summed E-state index contributed by atoms with van der Waals surface area (Å²) in [5, 5.41) is 21.5. The minimum absolute atomic E-state index is 0. The number of para-hydroxylation sites is 2. The molecule has 7 nitrogen and oxygen atoms in total. The molecule has 0 aromatic heterocycles. The van der Waals surface area contributed by atoms with Crippen LogP contribution in [0.25, 0.3) is 6.15 Å². The fourth-order valence-electron chi connectivity index (χ4n) is 2.18. The Kier molecular flexibility index (Phi) is 189. The van der Waals surface area contributed by atoms with E-state index in [1.807, 2.05) is 90.0 Å². The number of hydrogen-bond donors (Lipinski definition) is 2. The van der Waals surface area contributed by atoms with Gasteiger partial charge in [-0.1, -0.05) is 193 Å². The average Bonchev–Trinajstić information content (AvgIpc) is 3.13. The molecular formula is C42H97IKN3O4. The number of aliphatic hydroxyl groups is 1. The van der Waals surface area contributed by atoms with Crippen LogP contribution in [-0.2, 0) is 4.74 Å². The molecule has 0 fully saturated rings. The molecule has 9 heteroatoms. The number of aliphatic hydroxyl groups excluding tert-OH is 1. The Hall–Kier alpha value is -0.114. The predicted octanol–water partition coefficient (Wildman–Crippen LogP) is 13.8. The van der Waals surface area contributed by atoms with Gasteiger partial charge in [0.15, 0.2) is 0 Å². The van der Waals surface area contributed by atoms with Crippen LogP contribution < -0.4 is 56.7 Å². The van der Waals surface area contributed by atoms with Gasteiger partial charge in [-0.2, -0.15) is 0 Å². The van der Waals surface area contributed by atoms with Gasteiger partial charge in [-0.05, 0) is 55.6 Å². The van der Waals surface area contributed by atoms with Gasteiger partial charge in [-0.3, -0.25) is 10.1 Å². The van der Waals surface area contributed by atoms with Gasteiger partial charge in [0.1, 0.15) is 0 Å². The normalized spacial score (nSPS) is 6.73. The molecule has 0 aliphatic heterocycles.